The molecule has 1 aliphatic rings. The van der Waals surface area contributed by atoms with E-state index in [-0.39, 0.29) is 5.41 Å². The monoisotopic (exact) mass is 239 g/mol. The molecule has 1 aromatic heterocycles. The molecule has 1 unspecified atom stereocenters. The van der Waals surface area contributed by atoms with Gasteiger partial charge in [0.15, 0.2) is 0 Å². The summed E-state index contributed by atoms with van der Waals surface area (Å²) in [6.45, 7) is 4.39. The number of fused-ring (bicyclic) bond motifs is 1. The van der Waals surface area contributed by atoms with Gasteiger partial charge < -0.3 is 0 Å². The average molecular weight is 239 g/mol. The van der Waals surface area contributed by atoms with Crippen LogP contribution in [0.3, 0.4) is 0 Å². The van der Waals surface area contributed by atoms with Crippen molar-refractivity contribution in [1.29, 1.82) is 0 Å². The van der Waals surface area contributed by atoms with Gasteiger partial charge in [-0.15, -0.1) is 5.10 Å². The van der Waals surface area contributed by atoms with Crippen molar-refractivity contribution < 1.29 is 0 Å². The van der Waals surface area contributed by atoms with Crippen LogP contribution < -0.4 is 0 Å². The summed E-state index contributed by atoms with van der Waals surface area (Å²) in [5, 5.41) is 10.9. The fraction of sp³-hybridized carbons (Fsp3) is 0.333. The van der Waals surface area contributed by atoms with E-state index in [2.05, 4.69) is 65.7 Å². The van der Waals surface area contributed by atoms with Crippen LogP contribution in [0.5, 0.6) is 0 Å². The van der Waals surface area contributed by atoms with Crippen molar-refractivity contribution in [2.75, 3.05) is 0 Å². The van der Waals surface area contributed by atoms with Crippen molar-refractivity contribution in [2.45, 2.75) is 26.7 Å². The molecule has 0 bridgehead atoms. The molecule has 2 aromatic rings. The summed E-state index contributed by atoms with van der Waals surface area (Å²) >= 11 is 0. The summed E-state index contributed by atoms with van der Waals surface area (Å²) in [6, 6.07) is 4.39. The minimum absolute atomic E-state index is 0.225. The maximum absolute atomic E-state index is 4.09. The quantitative estimate of drug-likeness (QED) is 0.873. The second-order valence-electron chi connectivity index (χ2n) is 5.44. The first-order chi connectivity index (χ1) is 8.66. The zero-order valence-corrected chi connectivity index (χ0v) is 10.8. The van der Waals surface area contributed by atoms with Crippen LogP contribution in [0.15, 0.2) is 36.4 Å². The van der Waals surface area contributed by atoms with Crippen molar-refractivity contribution in [1.82, 2.24) is 15.4 Å². The van der Waals surface area contributed by atoms with E-state index in [4.69, 9.17) is 0 Å². The highest BCUT2D eigenvalue weighted by Gasteiger charge is 2.21. The Balaban J connectivity index is 1.95. The first kappa shape index (κ1) is 11.2. The molecule has 18 heavy (non-hydrogen) atoms. The number of aromatic amines is 1. The Kier molecular flexibility index (Phi) is 2.54. The van der Waals surface area contributed by atoms with Gasteiger partial charge in [0.2, 0.25) is 0 Å². The first-order valence-corrected chi connectivity index (χ1v) is 6.31. The molecule has 92 valence electrons. The Bertz CT molecular complexity index is 636. The van der Waals surface area contributed by atoms with E-state index >= 15 is 0 Å². The molecule has 1 atom stereocenters. The smallest absolute Gasteiger partial charge is 0.115 e. The van der Waals surface area contributed by atoms with Gasteiger partial charge in [-0.25, -0.2) is 0 Å². The SMILES string of the molecule is Cc1cc(CC2(C)C=CC=CC2)cc2[nH]nnc12. The van der Waals surface area contributed by atoms with E-state index in [1.165, 1.54) is 11.1 Å². The minimum Gasteiger partial charge on any atom is -0.258 e. The van der Waals surface area contributed by atoms with Crippen LogP contribution in [-0.2, 0) is 6.42 Å². The van der Waals surface area contributed by atoms with E-state index in [0.29, 0.717) is 0 Å². The van der Waals surface area contributed by atoms with Gasteiger partial charge in [0, 0.05) is 0 Å². The molecule has 0 aliphatic heterocycles. The van der Waals surface area contributed by atoms with Gasteiger partial charge in [0.25, 0.3) is 0 Å². The average Bonchev–Trinajstić information content (AvgIpc) is 2.78. The fourth-order valence-electron chi connectivity index (χ4n) is 2.67. The molecule has 0 spiro atoms. The number of aromatic nitrogens is 3. The highest BCUT2D eigenvalue weighted by molar-refractivity contribution is 5.78. The van der Waals surface area contributed by atoms with Crippen LogP contribution in [0.1, 0.15) is 24.5 Å². The van der Waals surface area contributed by atoms with Crippen molar-refractivity contribution >= 4 is 11.0 Å². The molecule has 1 N–H and O–H groups in total. The normalized spacial score (nSPS) is 22.8. The second kappa shape index (κ2) is 4.09. The summed E-state index contributed by atoms with van der Waals surface area (Å²) in [5.74, 6) is 0. The van der Waals surface area contributed by atoms with Gasteiger partial charge in [-0.05, 0) is 42.4 Å². The highest BCUT2D eigenvalue weighted by atomic mass is 15.3. The molecule has 0 fully saturated rings. The molecule has 0 radical (unpaired) electrons. The summed E-state index contributed by atoms with van der Waals surface area (Å²) in [4.78, 5) is 0. The van der Waals surface area contributed by atoms with E-state index in [9.17, 15) is 0 Å². The Labute approximate surface area is 107 Å². The largest absolute Gasteiger partial charge is 0.258 e. The molecular formula is C15H17N3. The molecule has 1 heterocycles. The molecule has 0 saturated heterocycles. The molecule has 1 aromatic carbocycles. The number of benzene rings is 1. The predicted molar refractivity (Wildman–Crippen MR) is 73.3 cm³/mol. The highest BCUT2D eigenvalue weighted by Crippen LogP contribution is 2.32. The van der Waals surface area contributed by atoms with Gasteiger partial charge in [-0.1, -0.05) is 42.5 Å². The number of aryl methyl sites for hydroxylation is 1. The van der Waals surface area contributed by atoms with Crippen LogP contribution in [-0.4, -0.2) is 15.4 Å². The van der Waals surface area contributed by atoms with Gasteiger partial charge in [-0.3, -0.25) is 5.10 Å². The topological polar surface area (TPSA) is 41.6 Å². The lowest BCUT2D eigenvalue weighted by atomic mass is 9.78. The number of hydrogen-bond donors (Lipinski definition) is 1. The van der Waals surface area contributed by atoms with E-state index in [1.807, 2.05) is 0 Å². The van der Waals surface area contributed by atoms with E-state index < -0.39 is 0 Å². The van der Waals surface area contributed by atoms with Gasteiger partial charge in [0.1, 0.15) is 5.52 Å². The lowest BCUT2D eigenvalue weighted by molar-refractivity contribution is 0.427. The van der Waals surface area contributed by atoms with Crippen molar-refractivity contribution in [2.24, 2.45) is 5.41 Å². The maximum Gasteiger partial charge on any atom is 0.115 e. The Morgan fingerprint density at radius 1 is 1.33 bits per heavy atom. The summed E-state index contributed by atoms with van der Waals surface area (Å²) in [5.41, 5.74) is 4.76. The standard InChI is InChI=1S/C15H17N3/c1-11-8-12(9-13-14(11)17-18-16-13)10-15(2)6-4-3-5-7-15/h3-6,8-9H,7,10H2,1-2H3,(H,16,17,18). The van der Waals surface area contributed by atoms with Gasteiger partial charge in [0.05, 0.1) is 5.52 Å². The maximum atomic E-state index is 4.09. The van der Waals surface area contributed by atoms with E-state index in [1.54, 1.807) is 0 Å². The lowest BCUT2D eigenvalue weighted by Crippen LogP contribution is -2.17. The van der Waals surface area contributed by atoms with E-state index in [0.717, 1.165) is 23.9 Å². The molecule has 3 nitrogen and oxygen atoms in total. The third-order valence-corrected chi connectivity index (χ3v) is 3.62. The summed E-state index contributed by atoms with van der Waals surface area (Å²) in [6.07, 6.45) is 11.0. The minimum atomic E-state index is 0.225. The number of rotatable bonds is 2. The van der Waals surface area contributed by atoms with Gasteiger partial charge in [-0.2, -0.15) is 0 Å². The predicted octanol–water partition coefficient (Wildman–Crippen LogP) is 3.33. The van der Waals surface area contributed by atoms with Crippen molar-refractivity contribution in [3.8, 4) is 0 Å². The van der Waals surface area contributed by atoms with Crippen molar-refractivity contribution in [3.05, 3.63) is 47.6 Å². The number of nitrogens with one attached hydrogen (secondary N) is 1. The molecule has 0 amide bonds. The zero-order chi connectivity index (χ0) is 12.6. The molecule has 1 aliphatic carbocycles. The van der Waals surface area contributed by atoms with Crippen molar-refractivity contribution in [3.63, 3.8) is 0 Å². The Hall–Kier alpha value is -1.90. The number of hydrogen-bond acceptors (Lipinski definition) is 2. The molecule has 3 heteroatoms. The zero-order valence-electron chi connectivity index (χ0n) is 10.8. The number of nitrogens with zero attached hydrogens (tertiary/aromatic N) is 2. The van der Waals surface area contributed by atoms with Crippen LogP contribution in [0.25, 0.3) is 11.0 Å². The summed E-state index contributed by atoms with van der Waals surface area (Å²) < 4.78 is 0. The van der Waals surface area contributed by atoms with Crippen LogP contribution in [0.4, 0.5) is 0 Å². The third-order valence-electron chi connectivity index (χ3n) is 3.62. The molecular weight excluding hydrogens is 222 g/mol. The summed E-state index contributed by atoms with van der Waals surface area (Å²) in [7, 11) is 0. The second-order valence-corrected chi connectivity index (χ2v) is 5.44. The molecule has 3 rings (SSSR count). The van der Waals surface area contributed by atoms with Crippen LogP contribution in [0, 0.1) is 12.3 Å². The van der Waals surface area contributed by atoms with Gasteiger partial charge >= 0.3 is 0 Å². The third kappa shape index (κ3) is 1.96. The number of H-pyrrole nitrogens is 1. The first-order valence-electron chi connectivity index (χ1n) is 6.31. The van der Waals surface area contributed by atoms with Crippen LogP contribution in [0.2, 0.25) is 0 Å². The fourth-order valence-corrected chi connectivity index (χ4v) is 2.67. The molecule has 0 saturated carbocycles. The van der Waals surface area contributed by atoms with Crippen LogP contribution >= 0.6 is 0 Å². The number of allylic oxidation sites excluding steroid dienone is 4. The lowest BCUT2D eigenvalue weighted by Gasteiger charge is -2.26. The Morgan fingerprint density at radius 2 is 2.22 bits per heavy atom. The Morgan fingerprint density at radius 3 is 3.00 bits per heavy atom.